The van der Waals surface area contributed by atoms with E-state index < -0.39 is 5.60 Å². The summed E-state index contributed by atoms with van der Waals surface area (Å²) in [5, 5.41) is 13.5. The van der Waals surface area contributed by atoms with Crippen LogP contribution in [0.15, 0.2) is 12.3 Å². The number of carbonyl (C=O) groups excluding carboxylic acids is 1. The number of likely N-dealkylation sites (tertiary alicyclic amines) is 1. The Balaban J connectivity index is 2.11. The van der Waals surface area contributed by atoms with E-state index in [1.807, 2.05) is 0 Å². The Morgan fingerprint density at radius 1 is 1.52 bits per heavy atom. The highest BCUT2D eigenvalue weighted by Gasteiger charge is 2.30. The first kappa shape index (κ1) is 16.0. The van der Waals surface area contributed by atoms with Gasteiger partial charge in [-0.25, -0.2) is 4.98 Å². The quantitative estimate of drug-likeness (QED) is 0.897. The lowest BCUT2D eigenvalue weighted by Crippen LogP contribution is -2.45. The number of rotatable bonds is 4. The summed E-state index contributed by atoms with van der Waals surface area (Å²) in [6.07, 6.45) is 3.66. The van der Waals surface area contributed by atoms with E-state index in [1.54, 1.807) is 17.9 Å². The summed E-state index contributed by atoms with van der Waals surface area (Å²) < 4.78 is 0. The lowest BCUT2D eigenvalue weighted by Gasteiger charge is -2.35. The third kappa shape index (κ3) is 4.08. The molecule has 2 heterocycles. The SMILES string of the molecule is CCCNc1cc(C(=O)N2CCC(C)(O)CC2)c(Cl)cn1. The number of nitrogens with one attached hydrogen (secondary N) is 1. The van der Waals surface area contributed by atoms with Gasteiger partial charge >= 0.3 is 0 Å². The van der Waals surface area contributed by atoms with Gasteiger partial charge in [-0.05, 0) is 32.3 Å². The molecule has 1 aromatic rings. The van der Waals surface area contributed by atoms with Crippen LogP contribution < -0.4 is 5.32 Å². The average Bonchev–Trinajstić information content (AvgIpc) is 2.46. The molecule has 1 aliphatic rings. The molecule has 0 saturated carbocycles. The molecule has 0 spiro atoms. The van der Waals surface area contributed by atoms with Gasteiger partial charge in [0.1, 0.15) is 5.82 Å². The van der Waals surface area contributed by atoms with E-state index in [0.29, 0.717) is 42.3 Å². The van der Waals surface area contributed by atoms with Crippen molar-refractivity contribution >= 4 is 23.3 Å². The Hall–Kier alpha value is -1.33. The van der Waals surface area contributed by atoms with E-state index in [4.69, 9.17) is 11.6 Å². The zero-order valence-corrected chi connectivity index (χ0v) is 13.3. The van der Waals surface area contributed by atoms with Crippen molar-refractivity contribution in [3.8, 4) is 0 Å². The van der Waals surface area contributed by atoms with Gasteiger partial charge in [-0.2, -0.15) is 0 Å². The molecule has 6 heteroatoms. The minimum atomic E-state index is -0.674. The molecule has 0 atom stereocenters. The van der Waals surface area contributed by atoms with Gasteiger partial charge in [0.05, 0.1) is 16.2 Å². The zero-order chi connectivity index (χ0) is 15.5. The molecule has 1 saturated heterocycles. The molecule has 116 valence electrons. The van der Waals surface area contributed by atoms with Crippen molar-refractivity contribution in [3.63, 3.8) is 0 Å². The second kappa shape index (κ2) is 6.62. The van der Waals surface area contributed by atoms with Crippen LogP contribution in [0.2, 0.25) is 5.02 Å². The normalized spacial score (nSPS) is 17.6. The predicted molar refractivity (Wildman–Crippen MR) is 83.8 cm³/mol. The molecule has 1 aliphatic heterocycles. The lowest BCUT2D eigenvalue weighted by atomic mass is 9.93. The molecular weight excluding hydrogens is 290 g/mol. The Morgan fingerprint density at radius 3 is 2.81 bits per heavy atom. The van der Waals surface area contributed by atoms with Gasteiger partial charge in [-0.3, -0.25) is 4.79 Å². The number of carbonyl (C=O) groups is 1. The van der Waals surface area contributed by atoms with Crippen molar-refractivity contribution in [1.82, 2.24) is 9.88 Å². The molecule has 0 aliphatic carbocycles. The van der Waals surface area contributed by atoms with Gasteiger partial charge in [-0.1, -0.05) is 18.5 Å². The van der Waals surface area contributed by atoms with Gasteiger partial charge < -0.3 is 15.3 Å². The maximum absolute atomic E-state index is 12.6. The highest BCUT2D eigenvalue weighted by atomic mass is 35.5. The molecule has 1 fully saturated rings. The Labute approximate surface area is 130 Å². The summed E-state index contributed by atoms with van der Waals surface area (Å²) in [4.78, 5) is 18.5. The van der Waals surface area contributed by atoms with Crippen molar-refractivity contribution in [3.05, 3.63) is 22.8 Å². The largest absolute Gasteiger partial charge is 0.390 e. The summed E-state index contributed by atoms with van der Waals surface area (Å²) in [6.45, 7) is 5.76. The summed E-state index contributed by atoms with van der Waals surface area (Å²) >= 11 is 6.11. The number of aromatic nitrogens is 1. The standard InChI is InChI=1S/C15H22ClN3O2/c1-3-6-17-13-9-11(12(16)10-18-13)14(20)19-7-4-15(2,21)5-8-19/h9-10,21H,3-8H2,1-2H3,(H,17,18). The van der Waals surface area contributed by atoms with Gasteiger partial charge in [-0.15, -0.1) is 0 Å². The van der Waals surface area contributed by atoms with Crippen molar-refractivity contribution in [2.75, 3.05) is 25.0 Å². The minimum absolute atomic E-state index is 0.0996. The smallest absolute Gasteiger partial charge is 0.255 e. The molecule has 0 bridgehead atoms. The molecule has 1 amide bonds. The average molecular weight is 312 g/mol. The van der Waals surface area contributed by atoms with Gasteiger partial charge in [0.2, 0.25) is 0 Å². The molecule has 21 heavy (non-hydrogen) atoms. The van der Waals surface area contributed by atoms with E-state index in [0.717, 1.165) is 13.0 Å². The first-order valence-corrected chi connectivity index (χ1v) is 7.72. The molecular formula is C15H22ClN3O2. The van der Waals surface area contributed by atoms with E-state index in [9.17, 15) is 9.90 Å². The van der Waals surface area contributed by atoms with Crippen LogP contribution in [0.3, 0.4) is 0 Å². The van der Waals surface area contributed by atoms with Crippen LogP contribution in [0.25, 0.3) is 0 Å². The fraction of sp³-hybridized carbons (Fsp3) is 0.600. The summed E-state index contributed by atoms with van der Waals surface area (Å²) in [5.74, 6) is 0.561. The van der Waals surface area contributed by atoms with Crippen LogP contribution in [-0.2, 0) is 0 Å². The molecule has 1 aromatic heterocycles. The topological polar surface area (TPSA) is 65.5 Å². The summed E-state index contributed by atoms with van der Waals surface area (Å²) in [7, 11) is 0. The van der Waals surface area contributed by atoms with Crippen molar-refractivity contribution in [2.45, 2.75) is 38.7 Å². The van der Waals surface area contributed by atoms with E-state index in [2.05, 4.69) is 17.2 Å². The second-order valence-electron chi connectivity index (χ2n) is 5.77. The van der Waals surface area contributed by atoms with Crippen molar-refractivity contribution < 1.29 is 9.90 Å². The number of hydrogen-bond acceptors (Lipinski definition) is 4. The van der Waals surface area contributed by atoms with Crippen LogP contribution in [0.4, 0.5) is 5.82 Å². The Kier molecular flexibility index (Phi) is 5.06. The highest BCUT2D eigenvalue weighted by Crippen LogP contribution is 2.25. The summed E-state index contributed by atoms with van der Waals surface area (Å²) in [5.41, 5.74) is -0.209. The zero-order valence-electron chi connectivity index (χ0n) is 12.5. The van der Waals surface area contributed by atoms with Crippen molar-refractivity contribution in [1.29, 1.82) is 0 Å². The maximum Gasteiger partial charge on any atom is 0.255 e. The number of hydrogen-bond donors (Lipinski definition) is 2. The summed E-state index contributed by atoms with van der Waals surface area (Å²) in [6, 6.07) is 1.70. The molecule has 0 unspecified atom stereocenters. The number of amides is 1. The number of pyridine rings is 1. The van der Waals surface area contributed by atoms with Gasteiger partial charge in [0.25, 0.3) is 5.91 Å². The molecule has 5 nitrogen and oxygen atoms in total. The fourth-order valence-electron chi connectivity index (χ4n) is 2.31. The fourth-order valence-corrected chi connectivity index (χ4v) is 2.50. The third-order valence-corrected chi connectivity index (χ3v) is 4.07. The first-order chi connectivity index (χ1) is 9.93. The van der Waals surface area contributed by atoms with E-state index in [-0.39, 0.29) is 5.91 Å². The van der Waals surface area contributed by atoms with E-state index in [1.165, 1.54) is 6.20 Å². The van der Waals surface area contributed by atoms with E-state index >= 15 is 0 Å². The Bertz CT molecular complexity index is 510. The van der Waals surface area contributed by atoms with Gasteiger partial charge in [0.15, 0.2) is 0 Å². The molecule has 0 aromatic carbocycles. The molecule has 0 radical (unpaired) electrons. The van der Waals surface area contributed by atoms with Crippen LogP contribution in [0.1, 0.15) is 43.5 Å². The number of aliphatic hydroxyl groups is 1. The number of piperidine rings is 1. The van der Waals surface area contributed by atoms with Crippen LogP contribution in [0.5, 0.6) is 0 Å². The maximum atomic E-state index is 12.6. The lowest BCUT2D eigenvalue weighted by molar-refractivity contribution is -0.00202. The monoisotopic (exact) mass is 311 g/mol. The van der Waals surface area contributed by atoms with Crippen molar-refractivity contribution in [2.24, 2.45) is 0 Å². The predicted octanol–water partition coefficient (Wildman–Crippen LogP) is 2.54. The number of anilines is 1. The molecule has 2 N–H and O–H groups in total. The second-order valence-corrected chi connectivity index (χ2v) is 6.17. The van der Waals surface area contributed by atoms with Crippen LogP contribution in [-0.4, -0.2) is 46.1 Å². The number of halogens is 1. The number of nitrogens with zero attached hydrogens (tertiary/aromatic N) is 2. The third-order valence-electron chi connectivity index (χ3n) is 3.77. The van der Waals surface area contributed by atoms with Crippen LogP contribution in [0, 0.1) is 0 Å². The minimum Gasteiger partial charge on any atom is -0.390 e. The van der Waals surface area contributed by atoms with Gasteiger partial charge in [0, 0.05) is 25.8 Å². The Morgan fingerprint density at radius 2 is 2.19 bits per heavy atom. The highest BCUT2D eigenvalue weighted by molar-refractivity contribution is 6.33. The first-order valence-electron chi connectivity index (χ1n) is 7.34. The van der Waals surface area contributed by atoms with Crippen LogP contribution >= 0.6 is 11.6 Å². The molecule has 2 rings (SSSR count).